The monoisotopic (exact) mass is 242 g/mol. The molecule has 0 fully saturated rings. The van der Waals surface area contributed by atoms with E-state index in [1.807, 2.05) is 0 Å². The van der Waals surface area contributed by atoms with Gasteiger partial charge in [-0.2, -0.15) is 20.5 Å². The Hall–Kier alpha value is -3.26. The second kappa shape index (κ2) is 4.31. The number of nitrogens with two attached hydrogens (primary N) is 2. The molecule has 8 heteroatoms. The lowest BCUT2D eigenvalue weighted by molar-refractivity contribution is 0.559. The van der Waals surface area contributed by atoms with E-state index in [2.05, 4.69) is 9.97 Å². The molecule has 0 aliphatic carbocycles. The molecule has 18 heavy (non-hydrogen) atoms. The van der Waals surface area contributed by atoms with E-state index in [0.29, 0.717) is 0 Å². The molecule has 2 aromatic heterocycles. The van der Waals surface area contributed by atoms with E-state index in [9.17, 15) is 0 Å². The molecule has 2 rings (SSSR count). The summed E-state index contributed by atoms with van der Waals surface area (Å²) in [7, 11) is 0. The van der Waals surface area contributed by atoms with Gasteiger partial charge in [0.05, 0.1) is 0 Å². The van der Waals surface area contributed by atoms with Gasteiger partial charge in [0.1, 0.15) is 12.1 Å². The molecule has 0 saturated heterocycles. The molecule has 0 bridgehead atoms. The first-order valence-electron chi connectivity index (χ1n) is 4.65. The molecule has 88 valence electrons. The Bertz CT molecular complexity index is 637. The third-order valence-corrected chi connectivity index (χ3v) is 1.92. The number of nitrogens with zero attached hydrogens (tertiary/aromatic N) is 4. The van der Waals surface area contributed by atoms with Crippen LogP contribution in [0.5, 0.6) is 0 Å². The van der Waals surface area contributed by atoms with Crippen LogP contribution in [-0.2, 0) is 0 Å². The quantitative estimate of drug-likeness (QED) is 0.781. The number of nitriles is 2. The second-order valence-electron chi connectivity index (χ2n) is 3.09. The van der Waals surface area contributed by atoms with Crippen molar-refractivity contribution in [2.45, 2.75) is 0 Å². The van der Waals surface area contributed by atoms with Crippen molar-refractivity contribution in [2.24, 2.45) is 0 Å². The van der Waals surface area contributed by atoms with Gasteiger partial charge in [0.25, 0.3) is 0 Å². The molecular formula is C10H6N6O2. The third kappa shape index (κ3) is 1.99. The summed E-state index contributed by atoms with van der Waals surface area (Å²) in [6, 6.07) is 3.54. The SMILES string of the molecule is N#Cc1nc(C=Cc2nc(C#N)c(N)o2)oc1N. The summed E-state index contributed by atoms with van der Waals surface area (Å²) in [6.45, 7) is 0. The van der Waals surface area contributed by atoms with E-state index in [0.717, 1.165) is 0 Å². The summed E-state index contributed by atoms with van der Waals surface area (Å²) in [6.07, 6.45) is 2.78. The topological polar surface area (TPSA) is 152 Å². The first-order chi connectivity index (χ1) is 8.63. The number of nitrogen functional groups attached to an aromatic ring is 2. The second-order valence-corrected chi connectivity index (χ2v) is 3.09. The predicted molar refractivity (Wildman–Crippen MR) is 60.2 cm³/mol. The normalized spacial score (nSPS) is 10.3. The molecule has 0 spiro atoms. The highest BCUT2D eigenvalue weighted by molar-refractivity contribution is 5.64. The van der Waals surface area contributed by atoms with E-state index < -0.39 is 0 Å². The van der Waals surface area contributed by atoms with Crippen LogP contribution in [0.4, 0.5) is 11.8 Å². The predicted octanol–water partition coefficient (Wildman–Crippen LogP) is 0.741. The Balaban J connectivity index is 2.25. The molecule has 0 radical (unpaired) electrons. The number of anilines is 2. The zero-order valence-electron chi connectivity index (χ0n) is 8.91. The van der Waals surface area contributed by atoms with Crippen molar-refractivity contribution >= 4 is 23.9 Å². The maximum Gasteiger partial charge on any atom is 0.229 e. The smallest absolute Gasteiger partial charge is 0.229 e. The van der Waals surface area contributed by atoms with E-state index >= 15 is 0 Å². The summed E-state index contributed by atoms with van der Waals surface area (Å²) in [5.41, 5.74) is 10.8. The summed E-state index contributed by atoms with van der Waals surface area (Å²) in [5.74, 6) is 0.113. The van der Waals surface area contributed by atoms with Crippen molar-refractivity contribution in [1.82, 2.24) is 9.97 Å². The van der Waals surface area contributed by atoms with Crippen LogP contribution in [0.2, 0.25) is 0 Å². The Morgan fingerprint density at radius 3 is 1.56 bits per heavy atom. The van der Waals surface area contributed by atoms with Gasteiger partial charge >= 0.3 is 0 Å². The van der Waals surface area contributed by atoms with Crippen molar-refractivity contribution in [3.05, 3.63) is 23.2 Å². The number of aromatic nitrogens is 2. The van der Waals surface area contributed by atoms with E-state index in [-0.39, 0.29) is 34.9 Å². The molecule has 0 unspecified atom stereocenters. The minimum Gasteiger partial charge on any atom is -0.420 e. The third-order valence-electron chi connectivity index (χ3n) is 1.92. The Morgan fingerprint density at radius 1 is 0.889 bits per heavy atom. The van der Waals surface area contributed by atoms with Crippen molar-refractivity contribution < 1.29 is 8.83 Å². The zero-order chi connectivity index (χ0) is 13.1. The molecule has 8 nitrogen and oxygen atoms in total. The van der Waals surface area contributed by atoms with Crippen molar-refractivity contribution in [3.8, 4) is 12.1 Å². The van der Waals surface area contributed by atoms with Crippen LogP contribution in [0.3, 0.4) is 0 Å². The molecule has 0 aromatic carbocycles. The number of hydrogen-bond donors (Lipinski definition) is 2. The summed E-state index contributed by atoms with van der Waals surface area (Å²) in [4.78, 5) is 7.57. The molecule has 2 heterocycles. The number of oxazole rings is 2. The van der Waals surface area contributed by atoms with Gasteiger partial charge < -0.3 is 20.3 Å². The highest BCUT2D eigenvalue weighted by atomic mass is 16.4. The lowest BCUT2D eigenvalue weighted by atomic mass is 10.4. The van der Waals surface area contributed by atoms with Gasteiger partial charge in [0.15, 0.2) is 0 Å². The van der Waals surface area contributed by atoms with Gasteiger partial charge in [0, 0.05) is 12.2 Å². The molecular weight excluding hydrogens is 236 g/mol. The molecule has 0 amide bonds. The van der Waals surface area contributed by atoms with Crippen LogP contribution < -0.4 is 11.5 Å². The van der Waals surface area contributed by atoms with E-state index in [1.54, 1.807) is 12.1 Å². The number of rotatable bonds is 2. The minimum atomic E-state index is -0.0678. The molecule has 0 atom stereocenters. The highest BCUT2D eigenvalue weighted by Crippen LogP contribution is 2.17. The molecule has 2 aromatic rings. The average molecular weight is 242 g/mol. The van der Waals surface area contributed by atoms with Crippen LogP contribution >= 0.6 is 0 Å². The fraction of sp³-hybridized carbons (Fsp3) is 0. The highest BCUT2D eigenvalue weighted by Gasteiger charge is 2.09. The Labute approximate surface area is 101 Å². The van der Waals surface area contributed by atoms with Gasteiger partial charge in [0.2, 0.25) is 34.9 Å². The molecule has 0 saturated carbocycles. The lowest BCUT2D eigenvalue weighted by Gasteiger charge is -1.82. The number of hydrogen-bond acceptors (Lipinski definition) is 8. The molecule has 4 N–H and O–H groups in total. The Kier molecular flexibility index (Phi) is 2.69. The maximum atomic E-state index is 8.63. The van der Waals surface area contributed by atoms with Crippen LogP contribution in [-0.4, -0.2) is 9.97 Å². The first-order valence-corrected chi connectivity index (χ1v) is 4.65. The van der Waals surface area contributed by atoms with Crippen LogP contribution in [0, 0.1) is 22.7 Å². The average Bonchev–Trinajstić information content (AvgIpc) is 2.89. The minimum absolute atomic E-state index is 0.000665. The van der Waals surface area contributed by atoms with Crippen molar-refractivity contribution in [2.75, 3.05) is 11.5 Å². The van der Waals surface area contributed by atoms with Crippen molar-refractivity contribution in [3.63, 3.8) is 0 Å². The van der Waals surface area contributed by atoms with Crippen LogP contribution in [0.25, 0.3) is 12.2 Å². The zero-order valence-corrected chi connectivity index (χ0v) is 8.91. The van der Waals surface area contributed by atoms with Crippen molar-refractivity contribution in [1.29, 1.82) is 10.5 Å². The summed E-state index contributed by atoms with van der Waals surface area (Å²) in [5, 5.41) is 17.3. The molecule has 0 aliphatic rings. The summed E-state index contributed by atoms with van der Waals surface area (Å²) < 4.78 is 9.96. The molecule has 0 aliphatic heterocycles. The Morgan fingerprint density at radius 2 is 1.28 bits per heavy atom. The summed E-state index contributed by atoms with van der Waals surface area (Å²) >= 11 is 0. The van der Waals surface area contributed by atoms with Gasteiger partial charge in [-0.05, 0) is 0 Å². The van der Waals surface area contributed by atoms with Gasteiger partial charge in [-0.15, -0.1) is 0 Å². The van der Waals surface area contributed by atoms with Gasteiger partial charge in [-0.3, -0.25) is 0 Å². The lowest BCUT2D eigenvalue weighted by Crippen LogP contribution is -1.84. The van der Waals surface area contributed by atoms with Crippen LogP contribution in [0.15, 0.2) is 8.83 Å². The fourth-order valence-electron chi connectivity index (χ4n) is 1.14. The maximum absolute atomic E-state index is 8.63. The van der Waals surface area contributed by atoms with Gasteiger partial charge in [-0.1, -0.05) is 0 Å². The standard InChI is InChI=1S/C10H6N6O2/c11-3-5-9(13)17-7(15-5)1-2-8-16-6(4-12)10(14)18-8/h1-2H,13-14H2. The fourth-order valence-corrected chi connectivity index (χ4v) is 1.14. The van der Waals surface area contributed by atoms with E-state index in [1.165, 1.54) is 12.2 Å². The van der Waals surface area contributed by atoms with E-state index in [4.69, 9.17) is 30.8 Å². The largest absolute Gasteiger partial charge is 0.420 e. The van der Waals surface area contributed by atoms with Gasteiger partial charge in [-0.25, -0.2) is 0 Å². The first kappa shape index (κ1) is 11.2. The van der Waals surface area contributed by atoms with Crippen LogP contribution in [0.1, 0.15) is 23.2 Å².